The van der Waals surface area contributed by atoms with Crippen molar-refractivity contribution < 1.29 is 13.3 Å². The van der Waals surface area contributed by atoms with Crippen molar-refractivity contribution in [2.75, 3.05) is 13.1 Å². The molecule has 1 aliphatic heterocycles. The van der Waals surface area contributed by atoms with Crippen molar-refractivity contribution in [3.8, 4) is 0 Å². The SMILES string of the molecule is O=[N+]([O-])c1ccc(S(=O)(=O)N[C@@H]2CCCNC2)nc1. The van der Waals surface area contributed by atoms with Gasteiger partial charge in [0, 0.05) is 18.7 Å². The molecule has 0 radical (unpaired) electrons. The van der Waals surface area contributed by atoms with Gasteiger partial charge < -0.3 is 5.32 Å². The smallest absolute Gasteiger partial charge is 0.287 e. The van der Waals surface area contributed by atoms with Gasteiger partial charge in [0.05, 0.1) is 4.92 Å². The molecule has 2 N–H and O–H groups in total. The normalized spacial score (nSPS) is 20.1. The molecule has 1 saturated heterocycles. The van der Waals surface area contributed by atoms with Crippen LogP contribution < -0.4 is 10.0 Å². The molecule has 1 fully saturated rings. The Morgan fingerprint density at radius 1 is 1.47 bits per heavy atom. The molecule has 1 aromatic heterocycles. The Bertz CT molecular complexity index is 551. The molecule has 104 valence electrons. The summed E-state index contributed by atoms with van der Waals surface area (Å²) in [5, 5.41) is 13.4. The van der Waals surface area contributed by atoms with Crippen molar-refractivity contribution >= 4 is 15.7 Å². The number of hydrogen-bond donors (Lipinski definition) is 2. The first kappa shape index (κ1) is 13.8. The minimum Gasteiger partial charge on any atom is -0.315 e. The predicted octanol–water partition coefficient (Wildman–Crippen LogP) is 0.0201. The van der Waals surface area contributed by atoms with Crippen molar-refractivity contribution in [1.29, 1.82) is 0 Å². The fourth-order valence-electron chi connectivity index (χ4n) is 1.87. The Balaban J connectivity index is 2.12. The number of hydrogen-bond acceptors (Lipinski definition) is 6. The summed E-state index contributed by atoms with van der Waals surface area (Å²) in [7, 11) is -3.73. The zero-order chi connectivity index (χ0) is 13.9. The van der Waals surface area contributed by atoms with E-state index in [-0.39, 0.29) is 16.8 Å². The minimum atomic E-state index is -3.73. The topological polar surface area (TPSA) is 114 Å². The molecule has 0 aliphatic carbocycles. The summed E-state index contributed by atoms with van der Waals surface area (Å²) >= 11 is 0. The first-order valence-corrected chi connectivity index (χ1v) is 7.31. The largest absolute Gasteiger partial charge is 0.315 e. The molecule has 0 spiro atoms. The van der Waals surface area contributed by atoms with Crippen molar-refractivity contribution in [3.05, 3.63) is 28.4 Å². The van der Waals surface area contributed by atoms with Crippen LogP contribution in [-0.4, -0.2) is 37.5 Å². The molecule has 1 aliphatic rings. The number of pyridine rings is 1. The van der Waals surface area contributed by atoms with Crippen molar-refractivity contribution in [1.82, 2.24) is 15.0 Å². The van der Waals surface area contributed by atoms with Crippen LogP contribution in [0.15, 0.2) is 23.4 Å². The lowest BCUT2D eigenvalue weighted by molar-refractivity contribution is -0.385. The van der Waals surface area contributed by atoms with Crippen LogP contribution in [0.5, 0.6) is 0 Å². The number of aromatic nitrogens is 1. The first-order valence-electron chi connectivity index (χ1n) is 5.82. The molecular weight excluding hydrogens is 272 g/mol. The Kier molecular flexibility index (Phi) is 4.08. The van der Waals surface area contributed by atoms with E-state index in [1.807, 2.05) is 0 Å². The van der Waals surface area contributed by atoms with Gasteiger partial charge in [0.1, 0.15) is 6.20 Å². The molecule has 1 atom stereocenters. The van der Waals surface area contributed by atoms with Gasteiger partial charge in [-0.2, -0.15) is 0 Å². The lowest BCUT2D eigenvalue weighted by atomic mass is 10.1. The molecular formula is C10H14N4O4S. The third kappa shape index (κ3) is 3.46. The van der Waals surface area contributed by atoms with E-state index in [0.29, 0.717) is 6.54 Å². The molecule has 0 amide bonds. The van der Waals surface area contributed by atoms with E-state index in [2.05, 4.69) is 15.0 Å². The van der Waals surface area contributed by atoms with Gasteiger partial charge in [-0.05, 0) is 25.5 Å². The van der Waals surface area contributed by atoms with Gasteiger partial charge in [-0.1, -0.05) is 0 Å². The van der Waals surface area contributed by atoms with E-state index < -0.39 is 14.9 Å². The number of rotatable bonds is 4. The van der Waals surface area contributed by atoms with Crippen LogP contribution in [0.3, 0.4) is 0 Å². The zero-order valence-corrected chi connectivity index (χ0v) is 10.9. The lowest BCUT2D eigenvalue weighted by Crippen LogP contribution is -2.45. The highest BCUT2D eigenvalue weighted by Crippen LogP contribution is 2.13. The van der Waals surface area contributed by atoms with Gasteiger partial charge in [0.2, 0.25) is 0 Å². The first-order chi connectivity index (χ1) is 8.99. The van der Waals surface area contributed by atoms with Crippen LogP contribution in [-0.2, 0) is 10.0 Å². The van der Waals surface area contributed by atoms with Crippen molar-refractivity contribution in [2.24, 2.45) is 0 Å². The maximum Gasteiger partial charge on any atom is 0.287 e. The number of sulfonamides is 1. The summed E-state index contributed by atoms with van der Waals surface area (Å²) in [6.45, 7) is 1.46. The van der Waals surface area contributed by atoms with Gasteiger partial charge in [-0.15, -0.1) is 0 Å². The lowest BCUT2D eigenvalue weighted by Gasteiger charge is -2.23. The maximum atomic E-state index is 12.0. The fraction of sp³-hybridized carbons (Fsp3) is 0.500. The summed E-state index contributed by atoms with van der Waals surface area (Å²) < 4.78 is 26.6. The van der Waals surface area contributed by atoms with Crippen molar-refractivity contribution in [3.63, 3.8) is 0 Å². The highest BCUT2D eigenvalue weighted by atomic mass is 32.2. The Morgan fingerprint density at radius 2 is 2.26 bits per heavy atom. The van der Waals surface area contributed by atoms with Crippen molar-refractivity contribution in [2.45, 2.75) is 23.9 Å². The van der Waals surface area contributed by atoms with Crippen LogP contribution in [0.2, 0.25) is 0 Å². The van der Waals surface area contributed by atoms with Gasteiger partial charge in [0.15, 0.2) is 5.03 Å². The molecule has 0 unspecified atom stereocenters. The molecule has 19 heavy (non-hydrogen) atoms. The van der Waals surface area contributed by atoms with E-state index in [1.165, 1.54) is 0 Å². The van der Waals surface area contributed by atoms with Gasteiger partial charge in [-0.3, -0.25) is 10.1 Å². The summed E-state index contributed by atoms with van der Waals surface area (Å²) in [6, 6.07) is 2.09. The molecule has 8 nitrogen and oxygen atoms in total. The highest BCUT2D eigenvalue weighted by Gasteiger charge is 2.23. The van der Waals surface area contributed by atoms with Crippen LogP contribution in [0, 0.1) is 10.1 Å². The quantitative estimate of drug-likeness (QED) is 0.595. The molecule has 9 heteroatoms. The second-order valence-corrected chi connectivity index (χ2v) is 5.94. The fourth-order valence-corrected chi connectivity index (χ4v) is 3.07. The monoisotopic (exact) mass is 286 g/mol. The van der Waals surface area contributed by atoms with Gasteiger partial charge in [0.25, 0.3) is 15.7 Å². The summed E-state index contributed by atoms with van der Waals surface area (Å²) in [6.07, 6.45) is 2.60. The number of piperidine rings is 1. The average molecular weight is 286 g/mol. The highest BCUT2D eigenvalue weighted by molar-refractivity contribution is 7.89. The minimum absolute atomic E-state index is 0.171. The molecule has 2 rings (SSSR count). The second kappa shape index (κ2) is 5.59. The number of nitrogens with zero attached hydrogens (tertiary/aromatic N) is 2. The Morgan fingerprint density at radius 3 is 2.79 bits per heavy atom. The summed E-state index contributed by atoms with van der Waals surface area (Å²) in [4.78, 5) is 13.5. The average Bonchev–Trinajstić information content (AvgIpc) is 2.39. The second-order valence-electron chi connectivity index (χ2n) is 4.28. The molecule has 1 aromatic rings. The Labute approximate surface area is 110 Å². The molecule has 0 bridgehead atoms. The number of nitrogens with one attached hydrogen (secondary N) is 2. The molecule has 0 aromatic carbocycles. The third-order valence-electron chi connectivity index (χ3n) is 2.83. The van der Waals surface area contributed by atoms with E-state index in [9.17, 15) is 18.5 Å². The number of nitro groups is 1. The zero-order valence-electron chi connectivity index (χ0n) is 10.1. The van der Waals surface area contributed by atoms with E-state index >= 15 is 0 Å². The Hall–Kier alpha value is -1.58. The molecule has 0 saturated carbocycles. The third-order valence-corrected chi connectivity index (χ3v) is 4.26. The van der Waals surface area contributed by atoms with Crippen LogP contribution in [0.25, 0.3) is 0 Å². The van der Waals surface area contributed by atoms with E-state index in [4.69, 9.17) is 0 Å². The van der Waals surface area contributed by atoms with Crippen LogP contribution in [0.4, 0.5) is 5.69 Å². The van der Waals surface area contributed by atoms with Crippen LogP contribution in [0.1, 0.15) is 12.8 Å². The summed E-state index contributed by atoms with van der Waals surface area (Å²) in [5.41, 5.74) is -0.238. The van der Waals surface area contributed by atoms with E-state index in [1.54, 1.807) is 0 Å². The maximum absolute atomic E-state index is 12.0. The summed E-state index contributed by atoms with van der Waals surface area (Å²) in [5.74, 6) is 0. The van der Waals surface area contributed by atoms with E-state index in [0.717, 1.165) is 37.7 Å². The van der Waals surface area contributed by atoms with Gasteiger partial charge >= 0.3 is 0 Å². The molecule has 2 heterocycles. The van der Waals surface area contributed by atoms with Crippen LogP contribution >= 0.6 is 0 Å². The van der Waals surface area contributed by atoms with Gasteiger partial charge in [-0.25, -0.2) is 18.1 Å². The standard InChI is InChI=1S/C10H14N4O4S/c15-14(16)9-3-4-10(12-7-9)19(17,18)13-8-2-1-5-11-6-8/h3-4,7-8,11,13H,1-2,5-6H2/t8-/m1/s1. The predicted molar refractivity (Wildman–Crippen MR) is 67.1 cm³/mol.